The minimum Gasteiger partial charge on any atom is -0.463 e. The minimum atomic E-state index is -0.552. The predicted octanol–water partition coefficient (Wildman–Crippen LogP) is 3.99. The summed E-state index contributed by atoms with van der Waals surface area (Å²) in [5.74, 6) is 0.976. The van der Waals surface area contributed by atoms with E-state index in [1.54, 1.807) is 43.0 Å². The van der Waals surface area contributed by atoms with Gasteiger partial charge in [0.05, 0.1) is 31.4 Å². The third-order valence-corrected chi connectivity index (χ3v) is 4.21. The SMILES string of the molecule is CCOC(=O)C=C(CN(CCCSC)C(=O)OC)Oc1ccccc1Cl. The van der Waals surface area contributed by atoms with Crippen molar-refractivity contribution in [2.75, 3.05) is 38.8 Å². The number of rotatable bonds is 10. The first-order chi connectivity index (χ1) is 12.5. The van der Waals surface area contributed by atoms with Gasteiger partial charge in [-0.05, 0) is 37.5 Å². The molecule has 0 unspecified atom stereocenters. The van der Waals surface area contributed by atoms with Crippen molar-refractivity contribution in [1.29, 1.82) is 0 Å². The smallest absolute Gasteiger partial charge is 0.409 e. The Morgan fingerprint density at radius 2 is 2.04 bits per heavy atom. The molecule has 8 heteroatoms. The van der Waals surface area contributed by atoms with Crippen molar-refractivity contribution < 1.29 is 23.8 Å². The Morgan fingerprint density at radius 1 is 1.31 bits per heavy atom. The number of amides is 1. The zero-order valence-corrected chi connectivity index (χ0v) is 16.8. The fourth-order valence-corrected chi connectivity index (χ4v) is 2.64. The van der Waals surface area contributed by atoms with E-state index in [1.165, 1.54) is 18.1 Å². The van der Waals surface area contributed by atoms with Crippen molar-refractivity contribution >= 4 is 35.4 Å². The first-order valence-electron chi connectivity index (χ1n) is 8.13. The van der Waals surface area contributed by atoms with Gasteiger partial charge in [0.2, 0.25) is 0 Å². The molecule has 144 valence electrons. The molecule has 0 saturated carbocycles. The molecule has 0 radical (unpaired) electrons. The monoisotopic (exact) mass is 401 g/mol. The van der Waals surface area contributed by atoms with Gasteiger partial charge in [-0.25, -0.2) is 9.59 Å². The Bertz CT molecular complexity index is 623. The zero-order valence-electron chi connectivity index (χ0n) is 15.2. The van der Waals surface area contributed by atoms with Crippen LogP contribution >= 0.6 is 23.4 Å². The Morgan fingerprint density at radius 3 is 2.65 bits per heavy atom. The topological polar surface area (TPSA) is 65.1 Å². The summed E-state index contributed by atoms with van der Waals surface area (Å²) in [7, 11) is 1.31. The van der Waals surface area contributed by atoms with Crippen molar-refractivity contribution in [3.05, 3.63) is 41.1 Å². The largest absolute Gasteiger partial charge is 0.463 e. The molecule has 0 aliphatic rings. The second kappa shape index (κ2) is 12.5. The lowest BCUT2D eigenvalue weighted by molar-refractivity contribution is -0.137. The summed E-state index contributed by atoms with van der Waals surface area (Å²) in [5.41, 5.74) is 0. The normalized spacial score (nSPS) is 11.0. The fraction of sp³-hybridized carbons (Fsp3) is 0.444. The van der Waals surface area contributed by atoms with E-state index in [0.29, 0.717) is 17.3 Å². The van der Waals surface area contributed by atoms with Crippen LogP contribution in [0, 0.1) is 0 Å². The lowest BCUT2D eigenvalue weighted by Gasteiger charge is -2.22. The van der Waals surface area contributed by atoms with Crippen LogP contribution in [0.4, 0.5) is 4.79 Å². The van der Waals surface area contributed by atoms with Crippen LogP contribution in [0.15, 0.2) is 36.1 Å². The first-order valence-corrected chi connectivity index (χ1v) is 9.90. The van der Waals surface area contributed by atoms with Crippen LogP contribution in [0.1, 0.15) is 13.3 Å². The van der Waals surface area contributed by atoms with Gasteiger partial charge >= 0.3 is 12.1 Å². The number of nitrogens with zero attached hydrogens (tertiary/aromatic N) is 1. The van der Waals surface area contributed by atoms with Gasteiger partial charge in [-0.2, -0.15) is 11.8 Å². The Kier molecular flexibility index (Phi) is 10.7. The average molecular weight is 402 g/mol. The van der Waals surface area contributed by atoms with E-state index in [1.807, 2.05) is 6.26 Å². The molecule has 0 heterocycles. The number of hydrogen-bond acceptors (Lipinski definition) is 6. The van der Waals surface area contributed by atoms with Crippen LogP contribution in [0.2, 0.25) is 5.02 Å². The third kappa shape index (κ3) is 8.01. The van der Waals surface area contributed by atoms with Crippen LogP contribution in [-0.2, 0) is 14.3 Å². The highest BCUT2D eigenvalue weighted by Crippen LogP contribution is 2.25. The summed E-state index contributed by atoms with van der Waals surface area (Å²) in [6.45, 7) is 2.48. The molecule has 1 aromatic rings. The van der Waals surface area contributed by atoms with Crippen molar-refractivity contribution in [3.8, 4) is 5.75 Å². The highest BCUT2D eigenvalue weighted by Gasteiger charge is 2.18. The molecule has 1 aromatic carbocycles. The number of benzene rings is 1. The van der Waals surface area contributed by atoms with E-state index in [4.69, 9.17) is 25.8 Å². The number of ether oxygens (including phenoxy) is 3. The third-order valence-electron chi connectivity index (χ3n) is 3.20. The van der Waals surface area contributed by atoms with E-state index < -0.39 is 12.1 Å². The molecule has 0 fully saturated rings. The Balaban J connectivity index is 2.99. The number of esters is 1. The molecule has 1 amide bonds. The number of halogens is 1. The van der Waals surface area contributed by atoms with Gasteiger partial charge in [0.15, 0.2) is 0 Å². The second-order valence-electron chi connectivity index (χ2n) is 5.13. The maximum absolute atomic E-state index is 12.0. The Labute approximate surface area is 163 Å². The summed E-state index contributed by atoms with van der Waals surface area (Å²) in [6, 6.07) is 6.89. The number of methoxy groups -OCH3 is 1. The van der Waals surface area contributed by atoms with Crippen molar-refractivity contribution in [1.82, 2.24) is 4.90 Å². The summed E-state index contributed by atoms with van der Waals surface area (Å²) in [5, 5.41) is 0.397. The van der Waals surface area contributed by atoms with Crippen LogP contribution < -0.4 is 4.74 Å². The molecule has 0 aromatic heterocycles. The predicted molar refractivity (Wildman–Crippen MR) is 104 cm³/mol. The molecular weight excluding hydrogens is 378 g/mol. The molecule has 6 nitrogen and oxygen atoms in total. The number of carbonyl (C=O) groups excluding carboxylic acids is 2. The van der Waals surface area contributed by atoms with Gasteiger partial charge in [0, 0.05) is 6.54 Å². The number of hydrogen-bond donors (Lipinski definition) is 0. The van der Waals surface area contributed by atoms with Crippen LogP contribution in [0.5, 0.6) is 5.75 Å². The van der Waals surface area contributed by atoms with Crippen LogP contribution in [-0.4, -0.2) is 55.8 Å². The number of carbonyl (C=O) groups is 2. The maximum atomic E-state index is 12.0. The van der Waals surface area contributed by atoms with Crippen LogP contribution in [0.25, 0.3) is 0 Å². The molecule has 0 aliphatic carbocycles. The van der Waals surface area contributed by atoms with Gasteiger partial charge in [-0.1, -0.05) is 23.7 Å². The molecular formula is C18H24ClNO5S. The van der Waals surface area contributed by atoms with Gasteiger partial charge in [0.25, 0.3) is 0 Å². The van der Waals surface area contributed by atoms with Gasteiger partial charge in [0.1, 0.15) is 11.5 Å². The summed E-state index contributed by atoms with van der Waals surface area (Å²) < 4.78 is 15.5. The molecule has 26 heavy (non-hydrogen) atoms. The van der Waals surface area contributed by atoms with Gasteiger partial charge in [-0.15, -0.1) is 0 Å². The quantitative estimate of drug-likeness (QED) is 0.255. The Hall–Kier alpha value is -1.86. The standard InChI is InChI=1S/C18H24ClNO5S/c1-4-24-17(21)12-14(25-16-9-6-5-8-15(16)19)13-20(18(22)23-2)10-7-11-26-3/h5-6,8-9,12H,4,7,10-11,13H2,1-3H3. The minimum absolute atomic E-state index is 0.0606. The van der Waals surface area contributed by atoms with E-state index >= 15 is 0 Å². The average Bonchev–Trinajstić information content (AvgIpc) is 2.62. The molecule has 0 aliphatic heterocycles. The first kappa shape index (κ1) is 22.2. The second-order valence-corrected chi connectivity index (χ2v) is 6.53. The zero-order chi connectivity index (χ0) is 19.4. The van der Waals surface area contributed by atoms with Gasteiger partial charge in [-0.3, -0.25) is 0 Å². The fourth-order valence-electron chi connectivity index (χ4n) is 2.04. The van der Waals surface area contributed by atoms with E-state index in [0.717, 1.165) is 12.2 Å². The summed E-state index contributed by atoms with van der Waals surface area (Å²) in [6.07, 6.45) is 3.50. The molecule has 0 atom stereocenters. The number of para-hydroxylation sites is 1. The van der Waals surface area contributed by atoms with Crippen LogP contribution in [0.3, 0.4) is 0 Å². The molecule has 1 rings (SSSR count). The summed E-state index contributed by atoms with van der Waals surface area (Å²) >= 11 is 7.81. The number of thioether (sulfide) groups is 1. The summed E-state index contributed by atoms with van der Waals surface area (Å²) in [4.78, 5) is 25.4. The lowest BCUT2D eigenvalue weighted by Crippen LogP contribution is -2.35. The highest BCUT2D eigenvalue weighted by molar-refractivity contribution is 7.98. The molecule has 0 spiro atoms. The van der Waals surface area contributed by atoms with Crippen molar-refractivity contribution in [2.24, 2.45) is 0 Å². The lowest BCUT2D eigenvalue weighted by atomic mass is 10.3. The molecule has 0 saturated heterocycles. The van der Waals surface area contributed by atoms with E-state index in [-0.39, 0.29) is 18.9 Å². The van der Waals surface area contributed by atoms with E-state index in [2.05, 4.69) is 0 Å². The maximum Gasteiger partial charge on any atom is 0.409 e. The van der Waals surface area contributed by atoms with Gasteiger partial charge < -0.3 is 19.1 Å². The molecule has 0 bridgehead atoms. The van der Waals surface area contributed by atoms with E-state index in [9.17, 15) is 9.59 Å². The van der Waals surface area contributed by atoms with Crippen molar-refractivity contribution in [3.63, 3.8) is 0 Å². The van der Waals surface area contributed by atoms with Crippen molar-refractivity contribution in [2.45, 2.75) is 13.3 Å². The highest BCUT2D eigenvalue weighted by atomic mass is 35.5. The molecule has 0 N–H and O–H groups in total.